The number of likely N-dealkylation sites (tertiary alicyclic amines) is 2. The van der Waals surface area contributed by atoms with Gasteiger partial charge in [0.25, 0.3) is 0 Å². The topological polar surface area (TPSA) is 224 Å². The maximum atomic E-state index is 13.6. The summed E-state index contributed by atoms with van der Waals surface area (Å²) in [4.78, 5) is 70.1. The molecule has 3 aliphatic rings. The van der Waals surface area contributed by atoms with Crippen molar-refractivity contribution in [2.24, 2.45) is 11.8 Å². The second-order valence-corrected chi connectivity index (χ2v) is 17.4. The number of ether oxygens (including phenoxy) is 1. The fourth-order valence-electron chi connectivity index (χ4n) is 9.48. The molecule has 6 aromatic rings. The highest BCUT2D eigenvalue weighted by atomic mass is 16.5. The van der Waals surface area contributed by atoms with Gasteiger partial charge in [0, 0.05) is 35.2 Å². The molecule has 4 atom stereocenters. The fraction of sp³-hybridized carbons (Fsp3) is 0.391. The Labute approximate surface area is 362 Å². The minimum atomic E-state index is -1.23. The number of carbonyl (C=O) groups excluding carboxylic acids is 2. The molecule has 2 fully saturated rings. The summed E-state index contributed by atoms with van der Waals surface area (Å²) in [6.07, 6.45) is 4.05. The highest BCUT2D eigenvalue weighted by molar-refractivity contribution is 6.06. The van der Waals surface area contributed by atoms with E-state index >= 15 is 0 Å². The normalized spacial score (nSPS) is 18.1. The van der Waals surface area contributed by atoms with Gasteiger partial charge in [0.2, 0.25) is 11.8 Å². The zero-order chi connectivity index (χ0) is 44.3. The van der Waals surface area contributed by atoms with E-state index in [1.165, 1.54) is 0 Å². The number of carboxylic acid groups (broad SMARTS) is 2. The molecule has 4 aromatic heterocycles. The molecule has 6 N–H and O–H groups in total. The number of hydrogen-bond acceptors (Lipinski definition) is 8. The van der Waals surface area contributed by atoms with Crippen molar-refractivity contribution in [2.75, 3.05) is 13.1 Å². The van der Waals surface area contributed by atoms with Crippen LogP contribution in [0.25, 0.3) is 56.0 Å². The molecule has 0 saturated carbocycles. The van der Waals surface area contributed by atoms with Gasteiger partial charge in [-0.15, -0.1) is 0 Å². The van der Waals surface area contributed by atoms with Crippen molar-refractivity contribution >= 4 is 34.9 Å². The summed E-state index contributed by atoms with van der Waals surface area (Å²) < 4.78 is 14.9. The second-order valence-electron chi connectivity index (χ2n) is 17.4. The number of fused-ring (bicyclic) bond motifs is 5. The number of furan rings is 1. The van der Waals surface area contributed by atoms with Crippen LogP contribution in [0.2, 0.25) is 0 Å². The Morgan fingerprint density at radius 2 is 1.32 bits per heavy atom. The third-order valence-electron chi connectivity index (χ3n) is 12.6. The lowest BCUT2D eigenvalue weighted by Gasteiger charge is -2.29. The van der Waals surface area contributed by atoms with Crippen molar-refractivity contribution < 1.29 is 38.5 Å². The van der Waals surface area contributed by atoms with Gasteiger partial charge in [0.05, 0.1) is 52.6 Å². The third-order valence-corrected chi connectivity index (χ3v) is 12.6. The van der Waals surface area contributed by atoms with Crippen LogP contribution in [-0.2, 0) is 16.3 Å². The summed E-state index contributed by atoms with van der Waals surface area (Å²) in [5.74, 6) is 2.52. The van der Waals surface area contributed by atoms with E-state index in [2.05, 4.69) is 37.3 Å². The van der Waals surface area contributed by atoms with Crippen LogP contribution in [0.4, 0.5) is 9.59 Å². The van der Waals surface area contributed by atoms with Crippen LogP contribution in [0.3, 0.4) is 0 Å². The Morgan fingerprint density at radius 1 is 0.762 bits per heavy atom. The fourth-order valence-corrected chi connectivity index (χ4v) is 9.48. The third kappa shape index (κ3) is 7.54. The molecule has 4 unspecified atom stereocenters. The summed E-state index contributed by atoms with van der Waals surface area (Å²) >= 11 is 0. The van der Waals surface area contributed by atoms with Gasteiger partial charge in [-0.2, -0.15) is 0 Å². The molecule has 0 aliphatic carbocycles. The lowest BCUT2D eigenvalue weighted by atomic mass is 9.99. The Morgan fingerprint density at radius 3 is 1.84 bits per heavy atom. The first-order valence-electron chi connectivity index (χ1n) is 21.5. The number of aromatic nitrogens is 5. The smallest absolute Gasteiger partial charge is 0.405 e. The van der Waals surface area contributed by atoms with Crippen LogP contribution in [0.1, 0.15) is 82.9 Å². The summed E-state index contributed by atoms with van der Waals surface area (Å²) in [5, 5.41) is 24.6. The van der Waals surface area contributed by atoms with E-state index in [9.17, 15) is 29.4 Å². The SMILES string of the molecule is Cc1ccc(-c2c3n(c4ccc(-c5cnc(C6CCCN6C(=O)C(NC(=O)O)C(C)C)[nH]5)cc24)COc2cc(-c4cnc(C5CCCN5C(=O)C(NC(=O)O)C(C)C)[nH]4)ccc2-3)o1. The molecule has 7 heterocycles. The molecule has 0 spiro atoms. The zero-order valence-corrected chi connectivity index (χ0v) is 35.8. The van der Waals surface area contributed by atoms with Crippen molar-refractivity contribution in [1.29, 1.82) is 0 Å². The Bertz CT molecular complexity index is 2740. The molecule has 9 rings (SSSR count). The maximum absolute atomic E-state index is 13.6. The predicted octanol–water partition coefficient (Wildman–Crippen LogP) is 7.92. The number of aryl methyl sites for hydroxylation is 1. The minimum absolute atomic E-state index is 0.219. The molecule has 17 heteroatoms. The van der Waals surface area contributed by atoms with Gasteiger partial charge in [-0.05, 0) is 80.8 Å². The van der Waals surface area contributed by atoms with E-state index in [0.29, 0.717) is 49.1 Å². The number of aromatic amines is 2. The van der Waals surface area contributed by atoms with Crippen molar-refractivity contribution in [3.05, 3.63) is 78.3 Å². The van der Waals surface area contributed by atoms with E-state index < -0.39 is 24.3 Å². The predicted molar refractivity (Wildman–Crippen MR) is 233 cm³/mol. The van der Waals surface area contributed by atoms with E-state index in [-0.39, 0.29) is 42.5 Å². The van der Waals surface area contributed by atoms with Crippen molar-refractivity contribution in [3.8, 4) is 50.8 Å². The number of amides is 4. The number of rotatable bonds is 11. The monoisotopic (exact) mass is 857 g/mol. The van der Waals surface area contributed by atoms with Crippen LogP contribution in [-0.4, -0.2) is 93.7 Å². The highest BCUT2D eigenvalue weighted by Gasteiger charge is 2.39. The summed E-state index contributed by atoms with van der Waals surface area (Å²) in [6, 6.07) is 13.9. The second kappa shape index (κ2) is 16.3. The molecule has 4 amide bonds. The number of carbonyl (C=O) groups is 4. The van der Waals surface area contributed by atoms with Gasteiger partial charge in [0.15, 0.2) is 6.73 Å². The molecule has 0 bridgehead atoms. The van der Waals surface area contributed by atoms with Crippen molar-refractivity contribution in [2.45, 2.75) is 91.2 Å². The van der Waals surface area contributed by atoms with E-state index in [1.54, 1.807) is 22.2 Å². The largest absolute Gasteiger partial charge is 0.472 e. The lowest BCUT2D eigenvalue weighted by Crippen LogP contribution is -2.50. The summed E-state index contributed by atoms with van der Waals surface area (Å²) in [7, 11) is 0. The summed E-state index contributed by atoms with van der Waals surface area (Å²) in [6.45, 7) is 10.5. The molecule has 2 saturated heterocycles. The average molecular weight is 858 g/mol. The van der Waals surface area contributed by atoms with Gasteiger partial charge in [-0.1, -0.05) is 39.8 Å². The van der Waals surface area contributed by atoms with E-state index in [1.807, 2.05) is 71.0 Å². The quantitative estimate of drug-likeness (QED) is 0.0738. The molecule has 2 aromatic carbocycles. The zero-order valence-electron chi connectivity index (χ0n) is 35.8. The highest BCUT2D eigenvalue weighted by Crippen LogP contribution is 2.48. The molecule has 3 aliphatic heterocycles. The number of benzene rings is 2. The van der Waals surface area contributed by atoms with E-state index in [0.717, 1.165) is 68.8 Å². The molecule has 63 heavy (non-hydrogen) atoms. The molecular weight excluding hydrogens is 807 g/mol. The van der Waals surface area contributed by atoms with Crippen LogP contribution in [0, 0.1) is 18.8 Å². The number of imidazole rings is 2. The van der Waals surface area contributed by atoms with Gasteiger partial charge < -0.3 is 54.3 Å². The van der Waals surface area contributed by atoms with Gasteiger partial charge in [0.1, 0.15) is 41.0 Å². The van der Waals surface area contributed by atoms with Gasteiger partial charge in [-0.3, -0.25) is 9.59 Å². The van der Waals surface area contributed by atoms with Crippen LogP contribution in [0.5, 0.6) is 5.75 Å². The molecule has 0 radical (unpaired) electrons. The number of nitrogens with zero attached hydrogens (tertiary/aromatic N) is 5. The Balaban J connectivity index is 1.02. The van der Waals surface area contributed by atoms with Gasteiger partial charge in [-0.25, -0.2) is 19.6 Å². The first kappa shape index (κ1) is 41.3. The summed E-state index contributed by atoms with van der Waals surface area (Å²) in [5.41, 5.74) is 7.00. The van der Waals surface area contributed by atoms with Crippen molar-refractivity contribution in [1.82, 2.24) is 44.9 Å². The standard InChI is InChI=1S/C46H51N9O8/c1-23(2)38(51-45(58)59)43(56)53-16-6-8-33(53)41-47-20-30(49-41)26-12-14-32-29(18-26)37(35-15-10-25(5)63-35)40-28-13-11-27(19-36(28)62-22-55(32)40)31-21-48-42(50-31)34-9-7-17-54(34)44(57)39(24(3)4)52-46(60)61/h10-15,18-21,23-24,33-34,38-39,51-52H,6-9,16-17,22H2,1-5H3,(H,47,49)(H,48,50)(H,58,59)(H,60,61). The first-order valence-corrected chi connectivity index (χ1v) is 21.5. The molecule has 17 nitrogen and oxygen atoms in total. The van der Waals surface area contributed by atoms with Gasteiger partial charge >= 0.3 is 12.2 Å². The van der Waals surface area contributed by atoms with Crippen molar-refractivity contribution in [3.63, 3.8) is 0 Å². The maximum Gasteiger partial charge on any atom is 0.405 e. The average Bonchev–Trinajstić information content (AvgIpc) is 4.11. The Hall–Kier alpha value is -7.04. The number of nitrogens with one attached hydrogen (secondary N) is 4. The Kier molecular flexibility index (Phi) is 10.7. The van der Waals surface area contributed by atoms with E-state index in [4.69, 9.17) is 19.1 Å². The molecular formula is C46H51N9O8. The first-order chi connectivity index (χ1) is 30.3. The minimum Gasteiger partial charge on any atom is -0.472 e. The lowest BCUT2D eigenvalue weighted by molar-refractivity contribution is -0.136. The molecule has 328 valence electrons. The van der Waals surface area contributed by atoms with Crippen LogP contribution in [0.15, 0.2) is 65.3 Å². The number of H-pyrrole nitrogens is 2. The van der Waals surface area contributed by atoms with Crippen LogP contribution >= 0.6 is 0 Å². The van der Waals surface area contributed by atoms with Crippen LogP contribution < -0.4 is 15.4 Å². The number of hydrogen-bond donors (Lipinski definition) is 6.